The normalized spacial score (nSPS) is 26.3. The molecule has 1 unspecified atom stereocenters. The maximum absolute atomic E-state index is 11.9. The number of aliphatic hydroxyl groups is 2. The third kappa shape index (κ3) is 5.59. The fourth-order valence-electron chi connectivity index (χ4n) is 4.23. The molecule has 2 fully saturated rings. The molecule has 1 saturated carbocycles. The Morgan fingerprint density at radius 3 is 2.69 bits per heavy atom. The van der Waals surface area contributed by atoms with Gasteiger partial charge in [-0.1, -0.05) is 12.8 Å². The van der Waals surface area contributed by atoms with Gasteiger partial charge in [0.1, 0.15) is 24.1 Å². The van der Waals surface area contributed by atoms with Crippen molar-refractivity contribution in [3.63, 3.8) is 0 Å². The fourth-order valence-corrected chi connectivity index (χ4v) is 5.02. The monoisotopic (exact) mass is 535 g/mol. The van der Waals surface area contributed by atoms with E-state index >= 15 is 0 Å². The zero-order chi connectivity index (χ0) is 25.3. The van der Waals surface area contributed by atoms with Crippen LogP contribution in [0.5, 0.6) is 0 Å². The smallest absolute Gasteiger partial charge is 0.365 e. The van der Waals surface area contributed by atoms with Crippen LogP contribution in [-0.2, 0) is 23.6 Å². The first-order valence-electron chi connectivity index (χ1n) is 11.1. The Bertz CT molecular complexity index is 1110. The largest absolute Gasteiger partial charge is 0.464 e. The summed E-state index contributed by atoms with van der Waals surface area (Å²) < 4.78 is 28.3. The van der Waals surface area contributed by atoms with E-state index < -0.39 is 50.6 Å². The van der Waals surface area contributed by atoms with Crippen LogP contribution in [0.1, 0.15) is 38.8 Å². The molecule has 4 rings (SSSR count). The van der Waals surface area contributed by atoms with Crippen LogP contribution in [0, 0.1) is 0 Å². The van der Waals surface area contributed by atoms with Crippen LogP contribution >= 0.6 is 19.2 Å². The number of nitrogens with zero attached hydrogens (tertiary/aromatic N) is 4. The van der Waals surface area contributed by atoms with Crippen molar-refractivity contribution < 1.29 is 43.6 Å². The zero-order valence-corrected chi connectivity index (χ0v) is 20.4. The number of anilines is 1. The molecule has 1 aliphatic heterocycles. The van der Waals surface area contributed by atoms with Gasteiger partial charge in [0.2, 0.25) is 5.28 Å². The fraction of sp³-hybridized carbons (Fsp3) is 0.684. The SMILES string of the molecule is CCOC(=O)C(OC[C@H]1O[C@@H](n2ncc3c(NC4CCCC4)nc(Cl)nc32)[C@H](O)[C@@H]1O)P(=O)(O)O. The molecule has 5 atom stereocenters. The Kier molecular flexibility index (Phi) is 7.93. The number of nitrogens with one attached hydrogen (secondary N) is 1. The molecule has 194 valence electrons. The summed E-state index contributed by atoms with van der Waals surface area (Å²) in [6, 6.07) is 0.241. The number of aliphatic hydroxyl groups excluding tert-OH is 2. The summed E-state index contributed by atoms with van der Waals surface area (Å²) in [5.41, 5.74) is 0.253. The van der Waals surface area contributed by atoms with Crippen molar-refractivity contribution in [2.45, 2.75) is 69.0 Å². The molecule has 1 aliphatic carbocycles. The van der Waals surface area contributed by atoms with E-state index in [9.17, 15) is 29.4 Å². The van der Waals surface area contributed by atoms with Crippen LogP contribution < -0.4 is 5.32 Å². The van der Waals surface area contributed by atoms with Crippen molar-refractivity contribution in [3.05, 3.63) is 11.5 Å². The quantitative estimate of drug-likeness (QED) is 0.169. The molecule has 14 nitrogen and oxygen atoms in total. The molecule has 5 N–H and O–H groups in total. The summed E-state index contributed by atoms with van der Waals surface area (Å²) >= 11 is 6.13. The van der Waals surface area contributed by atoms with Gasteiger partial charge < -0.3 is 39.5 Å². The molecule has 16 heteroatoms. The van der Waals surface area contributed by atoms with E-state index in [1.807, 2.05) is 0 Å². The number of carbonyl (C=O) groups excluding carboxylic acids is 1. The van der Waals surface area contributed by atoms with Gasteiger partial charge in [-0.2, -0.15) is 15.1 Å². The number of rotatable bonds is 9. The Labute approximate surface area is 204 Å². The summed E-state index contributed by atoms with van der Waals surface area (Å²) in [7, 11) is -5.03. The molecule has 0 radical (unpaired) electrons. The Balaban J connectivity index is 1.53. The van der Waals surface area contributed by atoms with Gasteiger partial charge in [-0.05, 0) is 31.4 Å². The van der Waals surface area contributed by atoms with Gasteiger partial charge in [-0.15, -0.1) is 0 Å². The summed E-state index contributed by atoms with van der Waals surface area (Å²) in [5.74, 6) is -2.96. The second-order valence-corrected chi connectivity index (χ2v) is 10.4. The molecule has 2 aromatic heterocycles. The number of halogens is 1. The minimum absolute atomic E-state index is 0.0495. The van der Waals surface area contributed by atoms with Crippen LogP contribution in [0.15, 0.2) is 6.20 Å². The standard InChI is InChI=1S/C19H27ClN5O9P/c1-2-32-17(28)18(35(29,30)31)33-8-11-12(26)13(27)16(34-11)25-15-10(7-21-25)14(23-19(20)24-15)22-9-5-3-4-6-9/h7,9,11-13,16,18,26-27H,2-6,8H2,1H3,(H,22,23,24)(H2,29,30,31)/t11-,12-,13-,16-,18?/m1/s1. The molecular weight excluding hydrogens is 509 g/mol. The highest BCUT2D eigenvalue weighted by Crippen LogP contribution is 2.43. The summed E-state index contributed by atoms with van der Waals surface area (Å²) in [6.07, 6.45) is 0.218. The van der Waals surface area contributed by atoms with Crippen LogP contribution in [0.25, 0.3) is 11.0 Å². The molecule has 2 aliphatic rings. The number of aromatic nitrogens is 4. The number of fused-ring (bicyclic) bond motifs is 1. The average Bonchev–Trinajstić information content (AvgIpc) is 3.49. The van der Waals surface area contributed by atoms with Crippen molar-refractivity contribution >= 4 is 42.0 Å². The summed E-state index contributed by atoms with van der Waals surface area (Å²) in [5, 5.41) is 29.2. The lowest BCUT2D eigenvalue weighted by Crippen LogP contribution is -2.36. The minimum Gasteiger partial charge on any atom is -0.464 e. The second kappa shape index (κ2) is 10.6. The number of esters is 1. The maximum Gasteiger partial charge on any atom is 0.365 e. The van der Waals surface area contributed by atoms with Crippen molar-refractivity contribution in [1.29, 1.82) is 0 Å². The van der Waals surface area contributed by atoms with Crippen molar-refractivity contribution in [1.82, 2.24) is 19.7 Å². The topological polar surface area (TPSA) is 198 Å². The highest BCUT2D eigenvalue weighted by Gasteiger charge is 2.47. The Hall–Kier alpha value is -1.90. The molecular formula is C19H27ClN5O9P. The molecule has 2 aromatic rings. The van der Waals surface area contributed by atoms with Gasteiger partial charge in [0, 0.05) is 6.04 Å². The van der Waals surface area contributed by atoms with Crippen LogP contribution in [0.4, 0.5) is 5.82 Å². The van der Waals surface area contributed by atoms with Gasteiger partial charge >= 0.3 is 13.6 Å². The molecule has 0 spiro atoms. The molecule has 35 heavy (non-hydrogen) atoms. The van der Waals surface area contributed by atoms with E-state index in [4.69, 9.17) is 21.1 Å². The second-order valence-electron chi connectivity index (χ2n) is 8.37. The van der Waals surface area contributed by atoms with Gasteiger partial charge in [0.25, 0.3) is 5.85 Å². The van der Waals surface area contributed by atoms with Gasteiger partial charge in [0.05, 0.1) is 24.8 Å². The number of ether oxygens (including phenoxy) is 3. The van der Waals surface area contributed by atoms with E-state index in [-0.39, 0.29) is 23.6 Å². The summed E-state index contributed by atoms with van der Waals surface area (Å²) in [6.45, 7) is 0.738. The third-order valence-electron chi connectivity index (χ3n) is 5.91. The number of hydrogen-bond donors (Lipinski definition) is 5. The molecule has 3 heterocycles. The minimum atomic E-state index is -5.03. The molecule has 0 aromatic carbocycles. The highest BCUT2D eigenvalue weighted by molar-refractivity contribution is 7.53. The Morgan fingerprint density at radius 1 is 1.31 bits per heavy atom. The first kappa shape index (κ1) is 26.2. The van der Waals surface area contributed by atoms with Gasteiger partial charge in [-0.25, -0.2) is 9.48 Å². The van der Waals surface area contributed by atoms with Gasteiger partial charge in [-0.3, -0.25) is 4.57 Å². The van der Waals surface area contributed by atoms with Crippen LogP contribution in [0.3, 0.4) is 0 Å². The first-order chi connectivity index (χ1) is 16.6. The number of carbonyl (C=O) groups is 1. The van der Waals surface area contributed by atoms with Crippen molar-refractivity contribution in [2.24, 2.45) is 0 Å². The predicted octanol–water partition coefficient (Wildman–Crippen LogP) is 0.537. The first-order valence-corrected chi connectivity index (χ1v) is 13.2. The predicted molar refractivity (Wildman–Crippen MR) is 121 cm³/mol. The average molecular weight is 536 g/mol. The van der Waals surface area contributed by atoms with E-state index in [0.717, 1.165) is 25.7 Å². The molecule has 0 amide bonds. The van der Waals surface area contributed by atoms with E-state index in [0.29, 0.717) is 11.2 Å². The zero-order valence-electron chi connectivity index (χ0n) is 18.7. The third-order valence-corrected chi connectivity index (χ3v) is 7.05. The Morgan fingerprint density at radius 2 is 2.03 bits per heavy atom. The number of hydrogen-bond acceptors (Lipinski definition) is 11. The van der Waals surface area contributed by atoms with Gasteiger partial charge in [0.15, 0.2) is 11.9 Å². The lowest BCUT2D eigenvalue weighted by Gasteiger charge is -2.20. The van der Waals surface area contributed by atoms with Crippen LogP contribution in [0.2, 0.25) is 5.28 Å². The lowest BCUT2D eigenvalue weighted by molar-refractivity contribution is -0.155. The van der Waals surface area contributed by atoms with Crippen LogP contribution in [-0.4, -0.2) is 89.1 Å². The summed E-state index contributed by atoms with van der Waals surface area (Å²) in [4.78, 5) is 39.2. The van der Waals surface area contributed by atoms with E-state index in [1.165, 1.54) is 17.8 Å². The van der Waals surface area contributed by atoms with E-state index in [1.54, 1.807) is 0 Å². The molecule has 1 saturated heterocycles. The highest BCUT2D eigenvalue weighted by atomic mass is 35.5. The lowest BCUT2D eigenvalue weighted by atomic mass is 10.1. The molecule has 0 bridgehead atoms. The van der Waals surface area contributed by atoms with E-state index in [2.05, 4.69) is 25.1 Å². The van der Waals surface area contributed by atoms with Crippen molar-refractivity contribution in [2.75, 3.05) is 18.5 Å². The maximum atomic E-state index is 11.9. The van der Waals surface area contributed by atoms with Crippen molar-refractivity contribution in [3.8, 4) is 0 Å².